The molecule has 0 saturated heterocycles. The zero-order chi connectivity index (χ0) is 14.6. The number of rotatable bonds is 5. The van der Waals surface area contributed by atoms with E-state index >= 15 is 0 Å². The van der Waals surface area contributed by atoms with Gasteiger partial charge in [-0.25, -0.2) is 0 Å². The van der Waals surface area contributed by atoms with Crippen LogP contribution in [0.5, 0.6) is 0 Å². The summed E-state index contributed by atoms with van der Waals surface area (Å²) in [5.41, 5.74) is 7.42. The molecule has 0 fully saturated rings. The Bertz CT molecular complexity index is 482. The van der Waals surface area contributed by atoms with Crippen LogP contribution < -0.4 is 11.1 Å². The molecule has 19 heavy (non-hydrogen) atoms. The summed E-state index contributed by atoms with van der Waals surface area (Å²) in [6.07, 6.45) is 1.51. The molecule has 1 unspecified atom stereocenters. The molecule has 104 valence electrons. The first-order valence-electron chi connectivity index (χ1n) is 5.92. The molecular formula is C13H16Br2N2OS. The molecule has 3 N–H and O–H groups in total. The van der Waals surface area contributed by atoms with E-state index in [2.05, 4.69) is 37.2 Å². The number of nitrogens with two attached hydrogens (primary N) is 1. The van der Waals surface area contributed by atoms with Gasteiger partial charge in [-0.05, 0) is 62.9 Å². The molecule has 1 rings (SSSR count). The van der Waals surface area contributed by atoms with Crippen LogP contribution in [0, 0.1) is 12.8 Å². The lowest BCUT2D eigenvalue weighted by Crippen LogP contribution is -2.33. The van der Waals surface area contributed by atoms with E-state index in [9.17, 15) is 4.79 Å². The van der Waals surface area contributed by atoms with Crippen LogP contribution in [0.25, 0.3) is 0 Å². The monoisotopic (exact) mass is 406 g/mol. The third kappa shape index (κ3) is 4.54. The van der Waals surface area contributed by atoms with Crippen molar-refractivity contribution in [2.75, 3.05) is 5.32 Å². The van der Waals surface area contributed by atoms with Crippen molar-refractivity contribution >= 4 is 60.7 Å². The smallest absolute Gasteiger partial charge is 0.234 e. The SMILES string of the molecule is CCCC(C(=O)Nc1c(Br)cc(C)cc1Br)C(N)=S. The molecule has 6 heteroatoms. The van der Waals surface area contributed by atoms with Crippen LogP contribution >= 0.6 is 44.1 Å². The fraction of sp³-hybridized carbons (Fsp3) is 0.385. The number of carbonyl (C=O) groups excluding carboxylic acids is 1. The van der Waals surface area contributed by atoms with Gasteiger partial charge in [0.2, 0.25) is 5.91 Å². The van der Waals surface area contributed by atoms with E-state index < -0.39 is 5.92 Å². The Hall–Kier alpha value is -0.460. The number of nitrogens with one attached hydrogen (secondary N) is 1. The quantitative estimate of drug-likeness (QED) is 0.720. The van der Waals surface area contributed by atoms with E-state index in [1.54, 1.807) is 0 Å². The molecule has 1 aromatic carbocycles. The van der Waals surface area contributed by atoms with Crippen molar-refractivity contribution in [2.45, 2.75) is 26.7 Å². The van der Waals surface area contributed by atoms with Crippen LogP contribution in [0.15, 0.2) is 21.1 Å². The number of hydrogen-bond acceptors (Lipinski definition) is 2. The summed E-state index contributed by atoms with van der Waals surface area (Å²) in [7, 11) is 0. The number of benzene rings is 1. The van der Waals surface area contributed by atoms with Crippen LogP contribution in [-0.4, -0.2) is 10.9 Å². The molecule has 0 aromatic heterocycles. The van der Waals surface area contributed by atoms with E-state index in [4.69, 9.17) is 18.0 Å². The molecule has 0 aliphatic rings. The topological polar surface area (TPSA) is 55.1 Å². The maximum Gasteiger partial charge on any atom is 0.234 e. The van der Waals surface area contributed by atoms with Crippen LogP contribution in [0.1, 0.15) is 25.3 Å². The number of halogens is 2. The molecule has 0 spiro atoms. The van der Waals surface area contributed by atoms with Crippen LogP contribution in [0.4, 0.5) is 5.69 Å². The highest BCUT2D eigenvalue weighted by Gasteiger charge is 2.22. The fourth-order valence-electron chi connectivity index (χ4n) is 1.72. The summed E-state index contributed by atoms with van der Waals surface area (Å²) in [6, 6.07) is 3.88. The Kier molecular flexibility index (Phi) is 6.42. The molecule has 1 amide bonds. The third-order valence-corrected chi connectivity index (χ3v) is 4.21. The maximum atomic E-state index is 12.2. The maximum absolute atomic E-state index is 12.2. The second-order valence-corrected chi connectivity index (χ2v) is 6.52. The molecule has 0 bridgehead atoms. The predicted molar refractivity (Wildman–Crippen MR) is 90.4 cm³/mol. The Labute approximate surface area is 135 Å². The second-order valence-electron chi connectivity index (χ2n) is 4.34. The van der Waals surface area contributed by atoms with Crippen molar-refractivity contribution in [3.63, 3.8) is 0 Å². The normalized spacial score (nSPS) is 12.0. The second kappa shape index (κ2) is 7.36. The highest BCUT2D eigenvalue weighted by atomic mass is 79.9. The third-order valence-electron chi connectivity index (χ3n) is 2.67. The minimum atomic E-state index is -0.430. The van der Waals surface area contributed by atoms with Crippen LogP contribution in [0.3, 0.4) is 0 Å². The molecule has 0 aliphatic heterocycles. The Morgan fingerprint density at radius 1 is 1.42 bits per heavy atom. The molecule has 0 saturated carbocycles. The summed E-state index contributed by atoms with van der Waals surface area (Å²) in [5, 5.41) is 2.87. The highest BCUT2D eigenvalue weighted by Crippen LogP contribution is 2.32. The first-order valence-corrected chi connectivity index (χ1v) is 7.92. The number of carbonyl (C=O) groups is 1. The van der Waals surface area contributed by atoms with Crippen LogP contribution in [0.2, 0.25) is 0 Å². The number of hydrogen-bond donors (Lipinski definition) is 2. The molecule has 0 radical (unpaired) electrons. The Morgan fingerprint density at radius 3 is 2.37 bits per heavy atom. The molecule has 0 heterocycles. The van der Waals surface area contributed by atoms with Gasteiger partial charge in [0.15, 0.2) is 0 Å². The van der Waals surface area contributed by atoms with E-state index in [0.29, 0.717) is 12.1 Å². The summed E-state index contributed by atoms with van der Waals surface area (Å²) < 4.78 is 1.65. The highest BCUT2D eigenvalue weighted by molar-refractivity contribution is 9.11. The first-order chi connectivity index (χ1) is 8.86. The van der Waals surface area contributed by atoms with Crippen molar-refractivity contribution < 1.29 is 4.79 Å². The molecular weight excluding hydrogens is 392 g/mol. The minimum absolute atomic E-state index is 0.167. The molecule has 1 atom stereocenters. The number of thiocarbonyl (C=S) groups is 1. The first kappa shape index (κ1) is 16.6. The Morgan fingerprint density at radius 2 is 1.95 bits per heavy atom. The molecule has 1 aromatic rings. The van der Waals surface area contributed by atoms with Gasteiger partial charge < -0.3 is 11.1 Å². The molecule has 0 aliphatic carbocycles. The van der Waals surface area contributed by atoms with Gasteiger partial charge in [0.25, 0.3) is 0 Å². The zero-order valence-electron chi connectivity index (χ0n) is 10.8. The summed E-state index contributed by atoms with van der Waals surface area (Å²) in [5.74, 6) is -0.597. The number of anilines is 1. The van der Waals surface area contributed by atoms with Gasteiger partial charge in [-0.2, -0.15) is 0 Å². The lowest BCUT2D eigenvalue weighted by atomic mass is 10.0. The summed E-state index contributed by atoms with van der Waals surface area (Å²) in [4.78, 5) is 12.4. The van der Waals surface area contributed by atoms with Crippen molar-refractivity contribution in [3.05, 3.63) is 26.6 Å². The van der Waals surface area contributed by atoms with Crippen molar-refractivity contribution in [2.24, 2.45) is 11.7 Å². The van der Waals surface area contributed by atoms with Gasteiger partial charge in [0.1, 0.15) is 0 Å². The van der Waals surface area contributed by atoms with Gasteiger partial charge in [-0.3, -0.25) is 4.79 Å². The number of amides is 1. The predicted octanol–water partition coefficient (Wildman–Crippen LogP) is 4.16. The van der Waals surface area contributed by atoms with Gasteiger partial charge in [0.05, 0.1) is 16.6 Å². The van der Waals surface area contributed by atoms with E-state index in [1.165, 1.54) is 0 Å². The van der Waals surface area contributed by atoms with Gasteiger partial charge in [-0.15, -0.1) is 0 Å². The number of aryl methyl sites for hydroxylation is 1. The summed E-state index contributed by atoms with van der Waals surface area (Å²) in [6.45, 7) is 3.98. The zero-order valence-corrected chi connectivity index (χ0v) is 14.8. The van der Waals surface area contributed by atoms with Crippen molar-refractivity contribution in [3.8, 4) is 0 Å². The van der Waals surface area contributed by atoms with E-state index in [-0.39, 0.29) is 10.9 Å². The van der Waals surface area contributed by atoms with Gasteiger partial charge in [0, 0.05) is 8.95 Å². The molecule has 3 nitrogen and oxygen atoms in total. The lowest BCUT2D eigenvalue weighted by molar-refractivity contribution is -0.118. The van der Waals surface area contributed by atoms with Crippen molar-refractivity contribution in [1.29, 1.82) is 0 Å². The summed E-state index contributed by atoms with van der Waals surface area (Å²) >= 11 is 11.8. The Balaban J connectivity index is 2.96. The fourth-order valence-corrected chi connectivity index (χ4v) is 3.56. The van der Waals surface area contributed by atoms with Crippen molar-refractivity contribution in [1.82, 2.24) is 0 Å². The standard InChI is InChI=1S/C13H16Br2N2OS/c1-3-4-8(12(16)19)13(18)17-11-9(14)5-7(2)6-10(11)15/h5-6,8H,3-4H2,1-2H3,(H2,16,19)(H,17,18). The van der Waals surface area contributed by atoms with Gasteiger partial charge >= 0.3 is 0 Å². The van der Waals surface area contributed by atoms with Gasteiger partial charge in [-0.1, -0.05) is 25.6 Å². The van der Waals surface area contributed by atoms with E-state index in [0.717, 1.165) is 20.9 Å². The van der Waals surface area contributed by atoms with Crippen LogP contribution in [-0.2, 0) is 4.79 Å². The lowest BCUT2D eigenvalue weighted by Gasteiger charge is -2.16. The minimum Gasteiger partial charge on any atom is -0.393 e. The van der Waals surface area contributed by atoms with E-state index in [1.807, 2.05) is 26.0 Å². The largest absolute Gasteiger partial charge is 0.393 e. The average Bonchev–Trinajstić information content (AvgIpc) is 2.29. The average molecular weight is 408 g/mol.